The summed E-state index contributed by atoms with van der Waals surface area (Å²) >= 11 is 1.45. The number of Topliss-reactive ketones (excluding diaryl/α,β-unsaturated/α-hetero) is 1. The van der Waals surface area contributed by atoms with E-state index in [1.807, 2.05) is 67.0 Å². The van der Waals surface area contributed by atoms with E-state index in [1.165, 1.54) is 11.3 Å². The lowest BCUT2D eigenvalue weighted by Crippen LogP contribution is -2.23. The minimum atomic E-state index is -0.0778. The second-order valence-corrected chi connectivity index (χ2v) is 12.2. The Morgan fingerprint density at radius 1 is 1.02 bits per heavy atom. The molecule has 0 spiro atoms. The number of anilines is 1. The molecule has 0 saturated heterocycles. The third kappa shape index (κ3) is 5.85. The largest absolute Gasteiger partial charge is 0.379 e. The van der Waals surface area contributed by atoms with Crippen molar-refractivity contribution in [2.24, 2.45) is 0 Å². The maximum Gasteiger partial charge on any atom is 0.228 e. The van der Waals surface area contributed by atoms with Crippen LogP contribution in [0.4, 0.5) is 5.69 Å². The van der Waals surface area contributed by atoms with Gasteiger partial charge in [0, 0.05) is 57.6 Å². The Morgan fingerprint density at radius 2 is 1.89 bits per heavy atom. The van der Waals surface area contributed by atoms with Crippen LogP contribution in [0.25, 0.3) is 32.6 Å². The van der Waals surface area contributed by atoms with Crippen molar-refractivity contribution in [3.8, 4) is 10.4 Å². The summed E-state index contributed by atoms with van der Waals surface area (Å²) < 4.78 is 0. The summed E-state index contributed by atoms with van der Waals surface area (Å²) in [4.78, 5) is 39.4. The number of allylic oxidation sites excluding steroid dienone is 3. The lowest BCUT2D eigenvalue weighted by molar-refractivity contribution is -0.119. The van der Waals surface area contributed by atoms with E-state index in [9.17, 15) is 9.59 Å². The Labute approximate surface area is 264 Å². The molecule has 2 aliphatic rings. The number of aromatic nitrogens is 3. The molecule has 5 aromatic rings. The molecule has 1 unspecified atom stereocenters. The van der Waals surface area contributed by atoms with Gasteiger partial charge < -0.3 is 20.9 Å². The van der Waals surface area contributed by atoms with Crippen LogP contribution in [-0.4, -0.2) is 32.7 Å². The monoisotopic (exact) mass is 610 g/mol. The molecule has 0 saturated carbocycles. The first-order valence-corrected chi connectivity index (χ1v) is 15.5. The van der Waals surface area contributed by atoms with Crippen LogP contribution in [0.5, 0.6) is 0 Å². The number of pyridine rings is 1. The van der Waals surface area contributed by atoms with Crippen LogP contribution in [0.3, 0.4) is 0 Å². The summed E-state index contributed by atoms with van der Waals surface area (Å²) in [5, 5.41) is 9.81. The Hall–Kier alpha value is -5.54. The molecule has 0 aliphatic carbocycles. The number of ketones is 1. The Morgan fingerprint density at radius 3 is 2.71 bits per heavy atom. The fourth-order valence-electron chi connectivity index (χ4n) is 5.58. The lowest BCUT2D eigenvalue weighted by atomic mass is 9.93. The van der Waals surface area contributed by atoms with Gasteiger partial charge in [0.25, 0.3) is 0 Å². The van der Waals surface area contributed by atoms with E-state index >= 15 is 0 Å². The van der Waals surface area contributed by atoms with Gasteiger partial charge in [-0.2, -0.15) is 0 Å². The first kappa shape index (κ1) is 28.2. The van der Waals surface area contributed by atoms with E-state index in [1.54, 1.807) is 19.3 Å². The molecule has 3 aromatic heterocycles. The summed E-state index contributed by atoms with van der Waals surface area (Å²) in [6.45, 7) is 3.69. The van der Waals surface area contributed by atoms with Crippen LogP contribution in [0.2, 0.25) is 0 Å². The number of rotatable bonds is 7. The van der Waals surface area contributed by atoms with Crippen molar-refractivity contribution in [2.45, 2.75) is 26.3 Å². The van der Waals surface area contributed by atoms with Crippen molar-refractivity contribution < 1.29 is 9.59 Å². The van der Waals surface area contributed by atoms with E-state index in [-0.39, 0.29) is 17.7 Å². The molecule has 5 heterocycles. The van der Waals surface area contributed by atoms with Gasteiger partial charge in [-0.15, -0.1) is 11.3 Å². The third-order valence-electron chi connectivity index (χ3n) is 7.71. The normalized spacial score (nSPS) is 15.6. The molecule has 2 aliphatic heterocycles. The molecule has 8 nitrogen and oxygen atoms in total. The Kier molecular flexibility index (Phi) is 7.44. The predicted octanol–water partition coefficient (Wildman–Crippen LogP) is 6.84. The smallest absolute Gasteiger partial charge is 0.228 e. The van der Waals surface area contributed by atoms with Gasteiger partial charge in [0.05, 0.1) is 23.0 Å². The van der Waals surface area contributed by atoms with Crippen LogP contribution in [0, 0.1) is 0 Å². The number of fused-ring (bicyclic) bond motifs is 2. The number of H-pyrrole nitrogens is 1. The number of nitrogens with zero attached hydrogens (tertiary/aromatic N) is 2. The first-order chi connectivity index (χ1) is 21.9. The number of carbonyl (C=O) groups is 2. The molecule has 2 aromatic carbocycles. The maximum absolute atomic E-state index is 12.8. The van der Waals surface area contributed by atoms with Gasteiger partial charge in [-0.3, -0.25) is 14.6 Å². The molecule has 0 bridgehead atoms. The van der Waals surface area contributed by atoms with Crippen molar-refractivity contribution >= 4 is 50.9 Å². The quantitative estimate of drug-likeness (QED) is 0.150. The van der Waals surface area contributed by atoms with Crippen LogP contribution >= 0.6 is 11.3 Å². The molecule has 7 rings (SSSR count). The lowest BCUT2D eigenvalue weighted by Gasteiger charge is -2.24. The average molecular weight is 611 g/mol. The Balaban J connectivity index is 1.21. The Bertz CT molecular complexity index is 2080. The molecule has 222 valence electrons. The number of imidazole rings is 1. The van der Waals surface area contributed by atoms with Crippen LogP contribution in [0.1, 0.15) is 46.0 Å². The number of hydrogen-bond donors (Lipinski definition) is 4. The summed E-state index contributed by atoms with van der Waals surface area (Å²) in [6.07, 6.45) is 13.6. The molecule has 45 heavy (non-hydrogen) atoms. The van der Waals surface area contributed by atoms with E-state index in [0.29, 0.717) is 17.0 Å². The van der Waals surface area contributed by atoms with Crippen molar-refractivity contribution in [3.05, 3.63) is 137 Å². The maximum atomic E-state index is 12.8. The topological polar surface area (TPSA) is 112 Å². The van der Waals surface area contributed by atoms with Gasteiger partial charge in [0.15, 0.2) is 5.78 Å². The standard InChI is InChI=1S/C36H30N6O2S/c1-21-14-28(36-41-31-20-38-19-29(35(31)42-36)33-11-10-32(45-33)22(2)43)27-17-24(8-9-30(27)39-21)25-16-26(12-13-37-18-25)40-34(44)15-23-6-4-3-5-7-23/h3-14,16-21,37,39H,15H2,1-2H3,(H,40,44)(H,41,42). The third-order valence-corrected chi connectivity index (χ3v) is 8.93. The average Bonchev–Trinajstić information content (AvgIpc) is 3.64. The minimum Gasteiger partial charge on any atom is -0.379 e. The number of amides is 1. The summed E-state index contributed by atoms with van der Waals surface area (Å²) in [5.74, 6) is 0.709. The van der Waals surface area contributed by atoms with Gasteiger partial charge in [-0.05, 0) is 67.0 Å². The molecule has 0 radical (unpaired) electrons. The fourth-order valence-corrected chi connectivity index (χ4v) is 6.49. The highest BCUT2D eigenvalue weighted by Gasteiger charge is 2.22. The predicted molar refractivity (Wildman–Crippen MR) is 180 cm³/mol. The van der Waals surface area contributed by atoms with E-state index in [2.05, 4.69) is 57.1 Å². The molecule has 9 heteroatoms. The van der Waals surface area contributed by atoms with E-state index < -0.39 is 0 Å². The summed E-state index contributed by atoms with van der Waals surface area (Å²) in [6, 6.07) is 19.9. The number of nitrogens with one attached hydrogen (secondary N) is 4. The SMILES string of the molecule is CC(=O)c1ccc(-c2cncc3[nH]c(C4=CC(C)Nc5ccc(C6=CNC=CC(NC(=O)Cc7ccccc7)=C6)cc54)nc23)s1. The van der Waals surface area contributed by atoms with Gasteiger partial charge in [0.2, 0.25) is 5.91 Å². The van der Waals surface area contributed by atoms with Crippen LogP contribution < -0.4 is 16.0 Å². The van der Waals surface area contributed by atoms with Gasteiger partial charge in [-0.25, -0.2) is 4.98 Å². The fraction of sp³-hybridized carbons (Fsp3) is 0.111. The van der Waals surface area contributed by atoms with Crippen LogP contribution in [0.15, 0.2) is 109 Å². The van der Waals surface area contributed by atoms with Crippen LogP contribution in [-0.2, 0) is 11.2 Å². The van der Waals surface area contributed by atoms with Gasteiger partial charge in [-0.1, -0.05) is 42.5 Å². The zero-order valence-corrected chi connectivity index (χ0v) is 25.5. The number of aromatic amines is 1. The highest BCUT2D eigenvalue weighted by atomic mass is 32.1. The molecular formula is C36H30N6O2S. The number of benzene rings is 2. The molecule has 4 N–H and O–H groups in total. The zero-order chi connectivity index (χ0) is 30.9. The highest BCUT2D eigenvalue weighted by Crippen LogP contribution is 2.38. The minimum absolute atomic E-state index is 0.0432. The number of thiophene rings is 1. The van der Waals surface area contributed by atoms with Crippen molar-refractivity contribution in [1.29, 1.82) is 0 Å². The van der Waals surface area contributed by atoms with Crippen molar-refractivity contribution in [2.75, 3.05) is 5.32 Å². The number of hydrogen-bond acceptors (Lipinski definition) is 7. The van der Waals surface area contributed by atoms with E-state index in [4.69, 9.17) is 4.98 Å². The van der Waals surface area contributed by atoms with Crippen molar-refractivity contribution in [1.82, 2.24) is 25.6 Å². The molecule has 1 atom stereocenters. The zero-order valence-electron chi connectivity index (χ0n) is 24.7. The summed E-state index contributed by atoms with van der Waals surface area (Å²) in [7, 11) is 0. The molecular weight excluding hydrogens is 581 g/mol. The van der Waals surface area contributed by atoms with Gasteiger partial charge in [0.1, 0.15) is 11.3 Å². The molecule has 1 amide bonds. The molecule has 0 fully saturated rings. The highest BCUT2D eigenvalue weighted by molar-refractivity contribution is 7.17. The number of carbonyl (C=O) groups excluding carboxylic acids is 2. The second kappa shape index (κ2) is 11.9. The summed E-state index contributed by atoms with van der Waals surface area (Å²) in [5.41, 5.74) is 9.08. The van der Waals surface area contributed by atoms with Crippen molar-refractivity contribution in [3.63, 3.8) is 0 Å². The van der Waals surface area contributed by atoms with Gasteiger partial charge >= 0.3 is 0 Å². The first-order valence-electron chi connectivity index (χ1n) is 14.7. The van der Waals surface area contributed by atoms with E-state index in [0.717, 1.165) is 60.8 Å². The second-order valence-electron chi connectivity index (χ2n) is 11.1.